The molecule has 0 aliphatic carbocycles. The molecule has 3 amide bonds. The van der Waals surface area contributed by atoms with Gasteiger partial charge in [0.25, 0.3) is 0 Å². The molecule has 7 nitrogen and oxygen atoms in total. The van der Waals surface area contributed by atoms with Crippen LogP contribution in [0.15, 0.2) is 71.4 Å². The molecule has 4 aromatic rings. The lowest BCUT2D eigenvalue weighted by Crippen LogP contribution is -2.39. The predicted octanol–water partition coefficient (Wildman–Crippen LogP) is 7.21. The first kappa shape index (κ1) is 28.6. The van der Waals surface area contributed by atoms with E-state index in [0.29, 0.717) is 18.2 Å². The third kappa shape index (κ3) is 7.44. The standard InChI is InChI=1S/C33H39N5O2S/c1-23-8-10-28(11-9-23)38-30(21-29(36-38)33(2,3)4)35-32(40)34-27-7-5-6-25(19-27)18-24-12-15-37(16-13-24)31(39)20-26-14-17-41-22-26/h5-11,14,17,19,21-22,24H,12-13,15-16,18,20H2,1-4H3,(H2,34,35,40). The summed E-state index contributed by atoms with van der Waals surface area (Å²) in [7, 11) is 0. The van der Waals surface area contributed by atoms with Crippen LogP contribution in [-0.4, -0.2) is 39.7 Å². The number of urea groups is 1. The predicted molar refractivity (Wildman–Crippen MR) is 167 cm³/mol. The molecule has 0 radical (unpaired) electrons. The molecule has 0 atom stereocenters. The van der Waals surface area contributed by atoms with Gasteiger partial charge in [-0.25, -0.2) is 9.48 Å². The first-order valence-corrected chi connectivity index (χ1v) is 15.2. The van der Waals surface area contributed by atoms with Gasteiger partial charge in [-0.2, -0.15) is 16.4 Å². The number of likely N-dealkylation sites (tertiary alicyclic amines) is 1. The summed E-state index contributed by atoms with van der Waals surface area (Å²) in [4.78, 5) is 27.7. The molecule has 1 fully saturated rings. The zero-order valence-corrected chi connectivity index (χ0v) is 25.1. The van der Waals surface area contributed by atoms with Crippen molar-refractivity contribution in [2.75, 3.05) is 23.7 Å². The second-order valence-corrected chi connectivity index (χ2v) is 12.8. The second-order valence-electron chi connectivity index (χ2n) is 12.0. The van der Waals surface area contributed by atoms with Crippen LogP contribution in [-0.2, 0) is 23.1 Å². The van der Waals surface area contributed by atoms with Crippen molar-refractivity contribution in [3.05, 3.63) is 93.8 Å². The van der Waals surface area contributed by atoms with Gasteiger partial charge in [-0.05, 0) is 84.3 Å². The fourth-order valence-electron chi connectivity index (χ4n) is 5.17. The van der Waals surface area contributed by atoms with Crippen molar-refractivity contribution >= 4 is 34.8 Å². The molecule has 0 spiro atoms. The van der Waals surface area contributed by atoms with Gasteiger partial charge < -0.3 is 10.2 Å². The fourth-order valence-corrected chi connectivity index (χ4v) is 5.84. The number of carbonyl (C=O) groups is 2. The molecule has 1 saturated heterocycles. The quantitative estimate of drug-likeness (QED) is 0.247. The number of nitrogens with zero attached hydrogens (tertiary/aromatic N) is 3. The Hall–Kier alpha value is -3.91. The number of hydrogen-bond acceptors (Lipinski definition) is 4. The van der Waals surface area contributed by atoms with Crippen LogP contribution in [0.5, 0.6) is 0 Å². The number of aromatic nitrogens is 2. The fraction of sp³-hybridized carbons (Fsp3) is 0.364. The average Bonchev–Trinajstić information content (AvgIpc) is 3.60. The summed E-state index contributed by atoms with van der Waals surface area (Å²) in [5.74, 6) is 1.36. The highest BCUT2D eigenvalue weighted by atomic mass is 32.1. The third-order valence-electron chi connectivity index (χ3n) is 7.61. The van der Waals surface area contributed by atoms with Crippen molar-refractivity contribution < 1.29 is 9.59 Å². The van der Waals surface area contributed by atoms with E-state index in [0.717, 1.165) is 60.5 Å². The highest BCUT2D eigenvalue weighted by molar-refractivity contribution is 7.08. The lowest BCUT2D eigenvalue weighted by atomic mass is 9.90. The maximum atomic E-state index is 13.1. The Labute approximate surface area is 246 Å². The van der Waals surface area contributed by atoms with Crippen molar-refractivity contribution in [1.29, 1.82) is 0 Å². The van der Waals surface area contributed by atoms with Crippen LogP contribution in [0.1, 0.15) is 56.0 Å². The van der Waals surface area contributed by atoms with Gasteiger partial charge in [0, 0.05) is 30.3 Å². The highest BCUT2D eigenvalue weighted by Crippen LogP contribution is 2.27. The molecule has 3 heterocycles. The van der Waals surface area contributed by atoms with Gasteiger partial charge in [-0.15, -0.1) is 0 Å². The van der Waals surface area contributed by atoms with Gasteiger partial charge >= 0.3 is 6.03 Å². The normalized spacial score (nSPS) is 14.2. The van der Waals surface area contributed by atoms with Gasteiger partial charge in [0.1, 0.15) is 5.82 Å². The number of hydrogen-bond donors (Lipinski definition) is 2. The molecule has 41 heavy (non-hydrogen) atoms. The van der Waals surface area contributed by atoms with E-state index < -0.39 is 0 Å². The van der Waals surface area contributed by atoms with Gasteiger partial charge in [-0.3, -0.25) is 10.1 Å². The summed E-state index contributed by atoms with van der Waals surface area (Å²) in [6, 6.07) is 19.8. The average molecular weight is 570 g/mol. The smallest absolute Gasteiger partial charge is 0.324 e. The van der Waals surface area contributed by atoms with Crippen LogP contribution in [0, 0.1) is 12.8 Å². The third-order valence-corrected chi connectivity index (χ3v) is 8.34. The molecule has 0 saturated carbocycles. The van der Waals surface area contributed by atoms with Crippen LogP contribution in [0.2, 0.25) is 0 Å². The van der Waals surface area contributed by atoms with E-state index in [1.54, 1.807) is 16.0 Å². The minimum absolute atomic E-state index is 0.162. The Morgan fingerprint density at radius 2 is 1.73 bits per heavy atom. The van der Waals surface area contributed by atoms with Crippen molar-refractivity contribution in [3.8, 4) is 5.69 Å². The van der Waals surface area contributed by atoms with Gasteiger partial charge in [0.2, 0.25) is 5.91 Å². The molecular weight excluding hydrogens is 530 g/mol. The second kappa shape index (κ2) is 12.3. The maximum Gasteiger partial charge on any atom is 0.324 e. The maximum absolute atomic E-state index is 13.1. The van der Waals surface area contributed by atoms with Crippen LogP contribution < -0.4 is 10.6 Å². The van der Waals surface area contributed by atoms with E-state index in [1.807, 2.05) is 77.2 Å². The number of aryl methyl sites for hydroxylation is 1. The summed E-state index contributed by atoms with van der Waals surface area (Å²) in [6.07, 6.45) is 3.41. The van der Waals surface area contributed by atoms with Gasteiger partial charge in [-0.1, -0.05) is 50.6 Å². The Kier molecular flexibility index (Phi) is 8.59. The van der Waals surface area contributed by atoms with Crippen molar-refractivity contribution in [2.45, 2.75) is 58.8 Å². The minimum atomic E-state index is -0.312. The Bertz CT molecular complexity index is 1480. The van der Waals surface area contributed by atoms with Crippen LogP contribution in [0.25, 0.3) is 5.69 Å². The molecule has 214 valence electrons. The first-order valence-electron chi connectivity index (χ1n) is 14.3. The van der Waals surface area contributed by atoms with Gasteiger partial charge in [0.15, 0.2) is 0 Å². The summed E-state index contributed by atoms with van der Waals surface area (Å²) in [5, 5.41) is 14.9. The monoisotopic (exact) mass is 569 g/mol. The molecule has 2 aromatic heterocycles. The number of piperidine rings is 1. The number of benzene rings is 2. The van der Waals surface area contributed by atoms with E-state index in [4.69, 9.17) is 5.10 Å². The summed E-state index contributed by atoms with van der Waals surface area (Å²) in [6.45, 7) is 9.98. The number of thiophene rings is 1. The molecular formula is C33H39N5O2S. The van der Waals surface area contributed by atoms with Crippen LogP contribution in [0.4, 0.5) is 16.3 Å². The Morgan fingerprint density at radius 3 is 2.41 bits per heavy atom. The lowest BCUT2D eigenvalue weighted by Gasteiger charge is -2.32. The zero-order valence-electron chi connectivity index (χ0n) is 24.3. The Balaban J connectivity index is 1.19. The van der Waals surface area contributed by atoms with E-state index in [9.17, 15) is 9.59 Å². The number of nitrogens with one attached hydrogen (secondary N) is 2. The lowest BCUT2D eigenvalue weighted by molar-refractivity contribution is -0.131. The summed E-state index contributed by atoms with van der Waals surface area (Å²) in [5.41, 5.74) is 5.83. The summed E-state index contributed by atoms with van der Waals surface area (Å²) < 4.78 is 1.79. The SMILES string of the molecule is Cc1ccc(-n2nc(C(C)(C)C)cc2NC(=O)Nc2cccc(CC3CCN(C(=O)Cc4ccsc4)CC3)c2)cc1. The van der Waals surface area contributed by atoms with Crippen molar-refractivity contribution in [1.82, 2.24) is 14.7 Å². The zero-order chi connectivity index (χ0) is 29.0. The molecule has 5 rings (SSSR count). The van der Waals surface area contributed by atoms with E-state index in [-0.39, 0.29) is 17.4 Å². The van der Waals surface area contributed by atoms with Crippen molar-refractivity contribution in [2.24, 2.45) is 5.92 Å². The van der Waals surface area contributed by atoms with E-state index in [1.165, 1.54) is 5.56 Å². The first-order chi connectivity index (χ1) is 19.6. The molecule has 0 bridgehead atoms. The number of anilines is 2. The minimum Gasteiger partial charge on any atom is -0.342 e. The van der Waals surface area contributed by atoms with Crippen molar-refractivity contribution in [3.63, 3.8) is 0 Å². The largest absolute Gasteiger partial charge is 0.342 e. The van der Waals surface area contributed by atoms with Crippen LogP contribution >= 0.6 is 11.3 Å². The molecule has 2 N–H and O–H groups in total. The Morgan fingerprint density at radius 1 is 0.976 bits per heavy atom. The molecule has 8 heteroatoms. The molecule has 1 aliphatic heterocycles. The van der Waals surface area contributed by atoms with E-state index in [2.05, 4.69) is 37.5 Å². The molecule has 1 aliphatic rings. The van der Waals surface area contributed by atoms with E-state index >= 15 is 0 Å². The topological polar surface area (TPSA) is 79.3 Å². The number of carbonyl (C=O) groups excluding carboxylic acids is 2. The number of rotatable bonds is 7. The highest BCUT2D eigenvalue weighted by Gasteiger charge is 2.24. The molecule has 0 unspecified atom stereocenters. The van der Waals surface area contributed by atoms with Crippen LogP contribution in [0.3, 0.4) is 0 Å². The van der Waals surface area contributed by atoms with Gasteiger partial charge in [0.05, 0.1) is 17.8 Å². The summed E-state index contributed by atoms with van der Waals surface area (Å²) >= 11 is 1.63. The number of amides is 3. The molecule has 2 aromatic carbocycles.